The minimum Gasteiger partial charge on any atom is -0.507 e. The molecule has 7 heteroatoms. The molecule has 0 bridgehead atoms. The van der Waals surface area contributed by atoms with E-state index >= 15 is 0 Å². The molecular formula is C25H29ClN2O4. The number of Topliss-reactive ketones (excluding diaryl/α,β-unsaturated/α-hetero) is 1. The van der Waals surface area contributed by atoms with E-state index in [1.165, 1.54) is 18.1 Å². The zero-order valence-corrected chi connectivity index (χ0v) is 19.6. The van der Waals surface area contributed by atoms with Crippen LogP contribution in [0.15, 0.2) is 48.0 Å². The maximum atomic E-state index is 13.0. The van der Waals surface area contributed by atoms with E-state index in [9.17, 15) is 14.7 Å². The first-order valence-electron chi connectivity index (χ1n) is 10.8. The van der Waals surface area contributed by atoms with Gasteiger partial charge in [0, 0.05) is 30.9 Å². The fraction of sp³-hybridized carbons (Fsp3) is 0.360. The summed E-state index contributed by atoms with van der Waals surface area (Å²) < 4.78 is 5.17. The van der Waals surface area contributed by atoms with Gasteiger partial charge in [-0.3, -0.25) is 9.59 Å². The summed E-state index contributed by atoms with van der Waals surface area (Å²) in [4.78, 5) is 29.6. The predicted octanol–water partition coefficient (Wildman–Crippen LogP) is 5.03. The fourth-order valence-corrected chi connectivity index (χ4v) is 4.38. The summed E-state index contributed by atoms with van der Waals surface area (Å²) in [5, 5.41) is 11.4. The lowest BCUT2D eigenvalue weighted by molar-refractivity contribution is -0.139. The highest BCUT2D eigenvalue weighted by Crippen LogP contribution is 2.40. The molecule has 1 aliphatic heterocycles. The third-order valence-electron chi connectivity index (χ3n) is 5.77. The van der Waals surface area contributed by atoms with Crippen LogP contribution in [-0.4, -0.2) is 48.4 Å². The van der Waals surface area contributed by atoms with Crippen molar-refractivity contribution in [1.29, 1.82) is 0 Å². The second kappa shape index (κ2) is 10.1. The number of benzene rings is 2. The number of halogens is 1. The predicted molar refractivity (Wildman–Crippen MR) is 127 cm³/mol. The highest BCUT2D eigenvalue weighted by Gasteiger charge is 2.45. The molecule has 0 radical (unpaired) electrons. The lowest BCUT2D eigenvalue weighted by Gasteiger charge is -2.26. The maximum Gasteiger partial charge on any atom is 0.295 e. The number of hydrogen-bond acceptors (Lipinski definition) is 5. The summed E-state index contributed by atoms with van der Waals surface area (Å²) in [6.07, 6.45) is 0.690. The van der Waals surface area contributed by atoms with E-state index < -0.39 is 17.7 Å². The number of rotatable bonds is 8. The number of ether oxygens (including phenoxy) is 1. The van der Waals surface area contributed by atoms with Gasteiger partial charge in [0.1, 0.15) is 11.5 Å². The lowest BCUT2D eigenvalue weighted by atomic mass is 9.95. The van der Waals surface area contributed by atoms with Gasteiger partial charge in [-0.25, -0.2) is 0 Å². The Labute approximate surface area is 194 Å². The van der Waals surface area contributed by atoms with Crippen molar-refractivity contribution in [2.24, 2.45) is 0 Å². The van der Waals surface area contributed by atoms with Crippen LogP contribution in [-0.2, 0) is 9.59 Å². The van der Waals surface area contributed by atoms with Crippen LogP contribution in [0.5, 0.6) is 5.75 Å². The molecule has 1 saturated heterocycles. The lowest BCUT2D eigenvalue weighted by Crippen LogP contribution is -2.30. The summed E-state index contributed by atoms with van der Waals surface area (Å²) >= 11 is 6.23. The Bertz CT molecular complexity index is 1030. The number of nitrogens with zero attached hydrogens (tertiary/aromatic N) is 2. The zero-order valence-electron chi connectivity index (χ0n) is 18.9. The second-order valence-corrected chi connectivity index (χ2v) is 8.01. The number of aliphatic hydroxyl groups excluding tert-OH is 1. The molecule has 1 amide bonds. The molecule has 0 spiro atoms. The summed E-state index contributed by atoms with van der Waals surface area (Å²) in [6.45, 7) is 8.29. The van der Waals surface area contributed by atoms with Gasteiger partial charge in [0.2, 0.25) is 0 Å². The maximum absolute atomic E-state index is 13.0. The molecule has 1 aliphatic rings. The quantitative estimate of drug-likeness (QED) is 0.343. The van der Waals surface area contributed by atoms with E-state index in [0.29, 0.717) is 29.3 Å². The minimum absolute atomic E-state index is 0.0697. The average Bonchev–Trinajstić information content (AvgIpc) is 3.05. The van der Waals surface area contributed by atoms with Crippen LogP contribution in [0.2, 0.25) is 5.02 Å². The second-order valence-electron chi connectivity index (χ2n) is 7.61. The van der Waals surface area contributed by atoms with Crippen molar-refractivity contribution < 1.29 is 19.4 Å². The van der Waals surface area contributed by atoms with Crippen LogP contribution < -0.4 is 9.64 Å². The molecule has 1 unspecified atom stereocenters. The van der Waals surface area contributed by atoms with E-state index in [2.05, 4.69) is 18.7 Å². The summed E-state index contributed by atoms with van der Waals surface area (Å²) in [6, 6.07) is 11.9. The summed E-state index contributed by atoms with van der Waals surface area (Å²) in [5.41, 5.74) is 2.26. The van der Waals surface area contributed by atoms with Crippen LogP contribution in [0.3, 0.4) is 0 Å². The van der Waals surface area contributed by atoms with Gasteiger partial charge >= 0.3 is 0 Å². The van der Waals surface area contributed by atoms with Gasteiger partial charge < -0.3 is 19.6 Å². The van der Waals surface area contributed by atoms with Crippen molar-refractivity contribution in [1.82, 2.24) is 4.90 Å². The number of aliphatic hydroxyl groups is 1. The van der Waals surface area contributed by atoms with E-state index in [1.54, 1.807) is 12.1 Å². The molecule has 0 aliphatic carbocycles. The third kappa shape index (κ3) is 4.32. The number of hydrogen-bond donors (Lipinski definition) is 1. The van der Waals surface area contributed by atoms with Crippen LogP contribution in [0.1, 0.15) is 44.4 Å². The van der Waals surface area contributed by atoms with Crippen molar-refractivity contribution in [3.8, 4) is 5.75 Å². The molecule has 170 valence electrons. The largest absolute Gasteiger partial charge is 0.507 e. The topological polar surface area (TPSA) is 70.1 Å². The molecule has 2 aromatic rings. The number of methoxy groups -OCH3 is 1. The SMILES string of the molecule is CCCN1C(=O)C(=O)/C(=C(\O)c2ccc(OC)c(Cl)c2)C1c1ccc(N(CC)CC)cc1. The first-order chi connectivity index (χ1) is 15.4. The molecular weight excluding hydrogens is 428 g/mol. The van der Waals surface area contributed by atoms with Crippen molar-refractivity contribution in [2.45, 2.75) is 33.2 Å². The smallest absolute Gasteiger partial charge is 0.295 e. The molecule has 2 aromatic carbocycles. The number of amides is 1. The van der Waals surface area contributed by atoms with E-state index in [-0.39, 0.29) is 11.3 Å². The van der Waals surface area contributed by atoms with Crippen LogP contribution >= 0.6 is 11.6 Å². The molecule has 1 atom stereocenters. The van der Waals surface area contributed by atoms with Gasteiger partial charge in [-0.1, -0.05) is 30.7 Å². The van der Waals surface area contributed by atoms with Gasteiger partial charge in [-0.2, -0.15) is 0 Å². The molecule has 3 rings (SSSR count). The molecule has 0 saturated carbocycles. The van der Waals surface area contributed by atoms with Crippen LogP contribution in [0.4, 0.5) is 5.69 Å². The minimum atomic E-state index is -0.694. The Balaban J connectivity index is 2.12. The van der Waals surface area contributed by atoms with E-state index in [1.807, 2.05) is 31.2 Å². The molecule has 1 N–H and O–H groups in total. The Morgan fingerprint density at radius 1 is 1.09 bits per heavy atom. The van der Waals surface area contributed by atoms with Crippen molar-refractivity contribution in [3.05, 3.63) is 64.2 Å². The van der Waals surface area contributed by atoms with E-state index in [0.717, 1.165) is 24.3 Å². The number of likely N-dealkylation sites (tertiary alicyclic amines) is 1. The van der Waals surface area contributed by atoms with Crippen LogP contribution in [0, 0.1) is 0 Å². The van der Waals surface area contributed by atoms with Gasteiger partial charge in [0.15, 0.2) is 0 Å². The van der Waals surface area contributed by atoms with Crippen molar-refractivity contribution >= 4 is 34.7 Å². The number of ketones is 1. The first-order valence-corrected chi connectivity index (χ1v) is 11.2. The standard InChI is InChI=1S/C25H29ClN2O4/c1-5-14-28-22(16-8-11-18(12-9-16)27(6-2)7-3)21(24(30)25(28)31)23(29)17-10-13-20(32-4)19(26)15-17/h8-13,15,22,29H,5-7,14H2,1-4H3/b23-21-. The van der Waals surface area contributed by atoms with Gasteiger partial charge in [-0.05, 0) is 56.2 Å². The Hall–Kier alpha value is -2.99. The number of carbonyl (C=O) groups excluding carboxylic acids is 2. The molecule has 32 heavy (non-hydrogen) atoms. The molecule has 0 aromatic heterocycles. The van der Waals surface area contributed by atoms with Gasteiger partial charge in [0.05, 0.1) is 23.7 Å². The fourth-order valence-electron chi connectivity index (χ4n) is 4.12. The third-order valence-corrected chi connectivity index (χ3v) is 6.06. The summed E-state index contributed by atoms with van der Waals surface area (Å²) in [7, 11) is 1.50. The van der Waals surface area contributed by atoms with Gasteiger partial charge in [-0.15, -0.1) is 0 Å². The Morgan fingerprint density at radius 2 is 1.75 bits per heavy atom. The van der Waals surface area contributed by atoms with Crippen molar-refractivity contribution in [3.63, 3.8) is 0 Å². The highest BCUT2D eigenvalue weighted by atomic mass is 35.5. The zero-order chi connectivity index (χ0) is 23.4. The highest BCUT2D eigenvalue weighted by molar-refractivity contribution is 6.46. The van der Waals surface area contributed by atoms with Gasteiger partial charge in [0.25, 0.3) is 11.7 Å². The van der Waals surface area contributed by atoms with E-state index in [4.69, 9.17) is 16.3 Å². The average molecular weight is 457 g/mol. The summed E-state index contributed by atoms with van der Waals surface area (Å²) in [5.74, 6) is -1.09. The molecule has 1 fully saturated rings. The molecule has 6 nitrogen and oxygen atoms in total. The number of anilines is 1. The van der Waals surface area contributed by atoms with Crippen LogP contribution in [0.25, 0.3) is 5.76 Å². The monoisotopic (exact) mass is 456 g/mol. The number of carbonyl (C=O) groups is 2. The molecule has 1 heterocycles. The Kier molecular flexibility index (Phi) is 7.46. The first kappa shape index (κ1) is 23.7. The normalized spacial score (nSPS) is 17.7. The Morgan fingerprint density at radius 3 is 2.28 bits per heavy atom. The van der Waals surface area contributed by atoms with Crippen molar-refractivity contribution in [2.75, 3.05) is 31.6 Å².